The molecule has 9 nitrogen and oxygen atoms in total. The lowest BCUT2D eigenvalue weighted by molar-refractivity contribution is 0.340. The lowest BCUT2D eigenvalue weighted by atomic mass is 9.93. The number of aryl methyl sites for hydroxylation is 1. The first-order valence-corrected chi connectivity index (χ1v) is 14.1. The standard InChI is InChI=1S/C34H30N6O3/c1-4-43-25-17-15-23(16-18-25)35-32-34-37-33-30(21(2)38-40(33)24-10-6-5-7-11-24)31(22-14-19-28(41)29(20-22)42-3)39(34)27-13-9-8-12-26(27)36-32/h5-20,31,41H,4H2,1-3H3,(H,35,36). The Kier molecular flexibility index (Phi) is 6.54. The molecule has 0 radical (unpaired) electrons. The van der Waals surface area contributed by atoms with Gasteiger partial charge in [0, 0.05) is 11.3 Å². The molecule has 0 fully saturated rings. The zero-order valence-electron chi connectivity index (χ0n) is 24.0. The molecule has 4 aromatic carbocycles. The first-order valence-electron chi connectivity index (χ1n) is 14.1. The van der Waals surface area contributed by atoms with Gasteiger partial charge in [0.25, 0.3) is 0 Å². The quantitative estimate of drug-likeness (QED) is 0.226. The number of para-hydroxylation sites is 3. The Morgan fingerprint density at radius 3 is 2.44 bits per heavy atom. The van der Waals surface area contributed by atoms with Crippen molar-refractivity contribution in [1.29, 1.82) is 0 Å². The number of nitrogens with one attached hydrogen (secondary N) is 1. The zero-order valence-corrected chi connectivity index (χ0v) is 24.0. The van der Waals surface area contributed by atoms with Gasteiger partial charge in [-0.25, -0.2) is 14.7 Å². The second-order valence-corrected chi connectivity index (χ2v) is 10.2. The second-order valence-electron chi connectivity index (χ2n) is 10.2. The molecule has 43 heavy (non-hydrogen) atoms. The Morgan fingerprint density at radius 1 is 0.907 bits per heavy atom. The van der Waals surface area contributed by atoms with Crippen molar-refractivity contribution in [3.05, 3.63) is 114 Å². The monoisotopic (exact) mass is 570 g/mol. The summed E-state index contributed by atoms with van der Waals surface area (Å²) in [7, 11) is 1.55. The number of nitrogens with zero attached hydrogens (tertiary/aromatic N) is 5. The minimum Gasteiger partial charge on any atom is -0.504 e. The molecule has 0 spiro atoms. The number of rotatable bonds is 6. The molecule has 2 aliphatic heterocycles. The number of aliphatic imine (C=N–C) groups is 2. The molecule has 3 heterocycles. The van der Waals surface area contributed by atoms with Crippen molar-refractivity contribution in [2.45, 2.75) is 19.9 Å². The van der Waals surface area contributed by atoms with Gasteiger partial charge in [0.1, 0.15) is 5.75 Å². The predicted octanol–water partition coefficient (Wildman–Crippen LogP) is 7.09. The molecule has 0 saturated carbocycles. The van der Waals surface area contributed by atoms with E-state index in [1.54, 1.807) is 13.2 Å². The number of hydrogen-bond acceptors (Lipinski definition) is 8. The van der Waals surface area contributed by atoms with E-state index in [0.717, 1.165) is 45.3 Å². The van der Waals surface area contributed by atoms with Gasteiger partial charge in [0.2, 0.25) is 0 Å². The van der Waals surface area contributed by atoms with Crippen molar-refractivity contribution >= 4 is 34.6 Å². The minimum absolute atomic E-state index is 0.0753. The minimum atomic E-state index is -0.344. The van der Waals surface area contributed by atoms with Crippen LogP contribution >= 0.6 is 0 Å². The third-order valence-corrected chi connectivity index (χ3v) is 7.59. The average Bonchev–Trinajstić information content (AvgIpc) is 3.37. The number of aromatic hydroxyl groups is 1. The summed E-state index contributed by atoms with van der Waals surface area (Å²) < 4.78 is 13.1. The number of hydrogen-bond donors (Lipinski definition) is 2. The molecule has 5 aromatic rings. The molecule has 1 atom stereocenters. The molecule has 1 unspecified atom stereocenters. The Labute approximate surface area is 249 Å². The normalized spacial score (nSPS) is 15.0. The van der Waals surface area contributed by atoms with Crippen LogP contribution in [0.4, 0.5) is 22.9 Å². The summed E-state index contributed by atoms with van der Waals surface area (Å²) in [5, 5.41) is 19.0. The highest BCUT2D eigenvalue weighted by Crippen LogP contribution is 2.49. The largest absolute Gasteiger partial charge is 0.504 e. The van der Waals surface area contributed by atoms with Crippen LogP contribution in [0.15, 0.2) is 107 Å². The summed E-state index contributed by atoms with van der Waals surface area (Å²) in [5.41, 5.74) is 6.19. The molecule has 0 bridgehead atoms. The second kappa shape index (κ2) is 10.7. The molecule has 9 heteroatoms. The number of ether oxygens (including phenoxy) is 2. The highest BCUT2D eigenvalue weighted by Gasteiger charge is 2.41. The van der Waals surface area contributed by atoms with Crippen LogP contribution in [0.25, 0.3) is 5.69 Å². The highest BCUT2D eigenvalue weighted by atomic mass is 16.5. The Balaban J connectivity index is 1.46. The van der Waals surface area contributed by atoms with E-state index in [0.29, 0.717) is 29.8 Å². The van der Waals surface area contributed by atoms with Crippen molar-refractivity contribution in [1.82, 2.24) is 9.78 Å². The number of amidine groups is 2. The van der Waals surface area contributed by atoms with Gasteiger partial charge in [-0.2, -0.15) is 5.10 Å². The van der Waals surface area contributed by atoms with Gasteiger partial charge in [0.15, 0.2) is 29.0 Å². The van der Waals surface area contributed by atoms with E-state index >= 15 is 0 Å². The summed E-state index contributed by atoms with van der Waals surface area (Å²) in [6, 6.07) is 30.9. The van der Waals surface area contributed by atoms with Crippen LogP contribution in [0.1, 0.15) is 29.8 Å². The first kappa shape index (κ1) is 26.3. The Hall–Kier alpha value is -5.57. The number of benzene rings is 4. The van der Waals surface area contributed by atoms with Crippen molar-refractivity contribution < 1.29 is 14.6 Å². The molecule has 2 aliphatic rings. The number of phenols is 1. The molecule has 0 aliphatic carbocycles. The van der Waals surface area contributed by atoms with Gasteiger partial charge in [-0.15, -0.1) is 0 Å². The van der Waals surface area contributed by atoms with Crippen LogP contribution in [-0.2, 0) is 0 Å². The summed E-state index contributed by atoms with van der Waals surface area (Å²) in [4.78, 5) is 12.5. The third-order valence-electron chi connectivity index (χ3n) is 7.59. The molecular weight excluding hydrogens is 540 g/mol. The van der Waals surface area contributed by atoms with Crippen molar-refractivity contribution in [3.8, 4) is 22.9 Å². The predicted molar refractivity (Wildman–Crippen MR) is 169 cm³/mol. The molecular formula is C34H30N6O3. The van der Waals surface area contributed by atoms with Gasteiger partial charge in [-0.05, 0) is 80.1 Å². The lowest BCUT2D eigenvalue weighted by Gasteiger charge is -2.40. The van der Waals surface area contributed by atoms with Crippen LogP contribution in [0, 0.1) is 6.92 Å². The maximum absolute atomic E-state index is 10.5. The zero-order chi connectivity index (χ0) is 29.5. The van der Waals surface area contributed by atoms with E-state index in [1.807, 2.05) is 103 Å². The van der Waals surface area contributed by atoms with Gasteiger partial charge in [-0.1, -0.05) is 36.4 Å². The molecule has 2 N–H and O–H groups in total. The van der Waals surface area contributed by atoms with Crippen LogP contribution in [0.3, 0.4) is 0 Å². The van der Waals surface area contributed by atoms with E-state index in [4.69, 9.17) is 24.6 Å². The highest BCUT2D eigenvalue weighted by molar-refractivity contribution is 6.51. The summed E-state index contributed by atoms with van der Waals surface area (Å²) in [5.74, 6) is 3.23. The van der Waals surface area contributed by atoms with Crippen molar-refractivity contribution in [2.75, 3.05) is 23.9 Å². The van der Waals surface area contributed by atoms with E-state index in [1.165, 1.54) is 0 Å². The number of methoxy groups -OCH3 is 1. The maximum atomic E-state index is 10.5. The Morgan fingerprint density at radius 2 is 1.67 bits per heavy atom. The van der Waals surface area contributed by atoms with Gasteiger partial charge < -0.3 is 24.8 Å². The number of phenolic OH excluding ortho intramolecular Hbond substituents is 1. The fourth-order valence-electron chi connectivity index (χ4n) is 5.66. The maximum Gasteiger partial charge on any atom is 0.179 e. The molecule has 7 rings (SSSR count). The summed E-state index contributed by atoms with van der Waals surface area (Å²) >= 11 is 0. The Bertz CT molecular complexity index is 1880. The van der Waals surface area contributed by atoms with E-state index in [-0.39, 0.29) is 11.8 Å². The number of anilines is 2. The average molecular weight is 571 g/mol. The van der Waals surface area contributed by atoms with Crippen LogP contribution in [0.5, 0.6) is 17.2 Å². The smallest absolute Gasteiger partial charge is 0.179 e. The summed E-state index contributed by atoms with van der Waals surface area (Å²) in [6.45, 7) is 4.57. The number of fused-ring (bicyclic) bond motifs is 4. The summed E-state index contributed by atoms with van der Waals surface area (Å²) in [6.07, 6.45) is 0. The van der Waals surface area contributed by atoms with Crippen molar-refractivity contribution in [2.24, 2.45) is 9.98 Å². The molecule has 0 saturated heterocycles. The topological polar surface area (TPSA) is 96.5 Å². The first-order chi connectivity index (χ1) is 21.1. The van der Waals surface area contributed by atoms with E-state index in [9.17, 15) is 5.11 Å². The molecule has 0 amide bonds. The SMILES string of the molecule is CCOc1ccc(NC2=Nc3ccccc3N3C2=Nc2c(c(C)nn2-c2ccccc2)C3c2ccc(O)c(OC)c2)cc1. The van der Waals surface area contributed by atoms with E-state index < -0.39 is 0 Å². The van der Waals surface area contributed by atoms with Gasteiger partial charge in [0.05, 0.1) is 42.5 Å². The lowest BCUT2D eigenvalue weighted by Crippen LogP contribution is -2.46. The third kappa shape index (κ3) is 4.55. The number of aromatic nitrogens is 2. The van der Waals surface area contributed by atoms with Crippen molar-refractivity contribution in [3.63, 3.8) is 0 Å². The molecule has 214 valence electrons. The van der Waals surface area contributed by atoms with E-state index in [2.05, 4.69) is 16.3 Å². The fourth-order valence-corrected chi connectivity index (χ4v) is 5.66. The van der Waals surface area contributed by atoms with Crippen LogP contribution in [-0.4, -0.2) is 40.3 Å². The fraction of sp³-hybridized carbons (Fsp3) is 0.147. The van der Waals surface area contributed by atoms with Gasteiger partial charge in [-0.3, -0.25) is 0 Å². The van der Waals surface area contributed by atoms with Gasteiger partial charge >= 0.3 is 0 Å². The van der Waals surface area contributed by atoms with Crippen LogP contribution in [0.2, 0.25) is 0 Å². The molecule has 1 aromatic heterocycles. The van der Waals surface area contributed by atoms with Crippen LogP contribution < -0.4 is 19.7 Å².